The molecule has 0 saturated heterocycles. The first-order valence-electron chi connectivity index (χ1n) is 7.97. The van der Waals surface area contributed by atoms with Crippen LogP contribution in [0.2, 0.25) is 0 Å². The maximum absolute atomic E-state index is 9.87. The Morgan fingerprint density at radius 2 is 2.00 bits per heavy atom. The third-order valence-corrected chi connectivity index (χ3v) is 5.20. The second-order valence-corrected chi connectivity index (χ2v) is 6.61. The van der Waals surface area contributed by atoms with E-state index in [0.29, 0.717) is 18.7 Å². The average Bonchev–Trinajstić information content (AvgIpc) is 2.61. The predicted octanol–water partition coefficient (Wildman–Crippen LogP) is 2.17. The van der Waals surface area contributed by atoms with E-state index in [1.807, 2.05) is 25.3 Å². The molecular formula is C19H17N5O. The van der Waals surface area contributed by atoms with Gasteiger partial charge in [0.2, 0.25) is 0 Å². The highest BCUT2D eigenvalue weighted by Gasteiger charge is 2.57. The van der Waals surface area contributed by atoms with Gasteiger partial charge in [-0.05, 0) is 30.3 Å². The number of rotatable bonds is 1. The fourth-order valence-electron chi connectivity index (χ4n) is 4.05. The van der Waals surface area contributed by atoms with Crippen LogP contribution in [0.15, 0.2) is 35.9 Å². The lowest BCUT2D eigenvalue weighted by Gasteiger charge is -2.47. The van der Waals surface area contributed by atoms with Gasteiger partial charge >= 0.3 is 0 Å². The van der Waals surface area contributed by atoms with Crippen molar-refractivity contribution in [3.05, 3.63) is 41.5 Å². The molecule has 0 amide bonds. The molecule has 1 aromatic rings. The summed E-state index contributed by atoms with van der Waals surface area (Å²) in [5, 5.41) is 47.7. The number of nitrogens with zero attached hydrogens (tertiary/aromatic N) is 4. The van der Waals surface area contributed by atoms with Gasteiger partial charge in [0, 0.05) is 24.9 Å². The second kappa shape index (κ2) is 6.06. The zero-order valence-corrected chi connectivity index (χ0v) is 13.8. The summed E-state index contributed by atoms with van der Waals surface area (Å²) in [6, 6.07) is 12.7. The molecule has 25 heavy (non-hydrogen) atoms. The molecule has 2 aliphatic rings. The Bertz CT molecular complexity index is 868. The standard InChI is InChI=1S/C19H17N5O/c1-24-6-5-14-15(8-20)18(23)19(10-21,11-22)17(16(14)9-24)12-3-2-4-13(25)7-12/h2-5,7,15-17,23,25H,6,9H2,1H3/t15?,16-,17-/m1/s1. The molecular weight excluding hydrogens is 314 g/mol. The highest BCUT2D eigenvalue weighted by molar-refractivity contribution is 6.00. The van der Waals surface area contributed by atoms with Gasteiger partial charge in [0.1, 0.15) is 11.7 Å². The van der Waals surface area contributed by atoms with E-state index in [4.69, 9.17) is 5.41 Å². The van der Waals surface area contributed by atoms with Crippen molar-refractivity contribution in [3.8, 4) is 24.0 Å². The predicted molar refractivity (Wildman–Crippen MR) is 90.4 cm³/mol. The number of aromatic hydroxyl groups is 1. The van der Waals surface area contributed by atoms with E-state index in [0.717, 1.165) is 5.57 Å². The van der Waals surface area contributed by atoms with Gasteiger partial charge in [-0.1, -0.05) is 18.2 Å². The zero-order valence-electron chi connectivity index (χ0n) is 13.8. The van der Waals surface area contributed by atoms with Crippen molar-refractivity contribution >= 4 is 5.71 Å². The van der Waals surface area contributed by atoms with Crippen LogP contribution < -0.4 is 0 Å². The molecule has 0 radical (unpaired) electrons. The van der Waals surface area contributed by atoms with E-state index in [2.05, 4.69) is 11.0 Å². The number of nitrogens with one attached hydrogen (secondary N) is 1. The first-order valence-corrected chi connectivity index (χ1v) is 7.97. The minimum Gasteiger partial charge on any atom is -0.508 e. The van der Waals surface area contributed by atoms with Gasteiger partial charge in [-0.3, -0.25) is 0 Å². The number of likely N-dealkylation sites (N-methyl/N-ethyl adjacent to an activating group) is 1. The fourth-order valence-corrected chi connectivity index (χ4v) is 4.05. The summed E-state index contributed by atoms with van der Waals surface area (Å²) in [7, 11) is 1.94. The largest absolute Gasteiger partial charge is 0.508 e. The fraction of sp³-hybridized carbons (Fsp3) is 0.368. The molecule has 1 aromatic carbocycles. The summed E-state index contributed by atoms with van der Waals surface area (Å²) in [6.45, 7) is 1.25. The maximum Gasteiger partial charge on any atom is 0.189 e. The van der Waals surface area contributed by atoms with Crippen molar-refractivity contribution in [2.45, 2.75) is 5.92 Å². The molecule has 1 fully saturated rings. The van der Waals surface area contributed by atoms with Crippen LogP contribution in [0.5, 0.6) is 5.75 Å². The van der Waals surface area contributed by atoms with Crippen molar-refractivity contribution in [2.75, 3.05) is 20.1 Å². The third kappa shape index (κ3) is 2.38. The second-order valence-electron chi connectivity index (χ2n) is 6.61. The Kier molecular flexibility index (Phi) is 4.05. The summed E-state index contributed by atoms with van der Waals surface area (Å²) < 4.78 is 0. The smallest absolute Gasteiger partial charge is 0.189 e. The van der Waals surface area contributed by atoms with Crippen molar-refractivity contribution in [1.82, 2.24) is 4.90 Å². The van der Waals surface area contributed by atoms with Crippen LogP contribution in [-0.2, 0) is 0 Å². The molecule has 6 nitrogen and oxygen atoms in total. The summed E-state index contributed by atoms with van der Waals surface area (Å²) in [4.78, 5) is 2.06. The van der Waals surface area contributed by atoms with E-state index >= 15 is 0 Å². The van der Waals surface area contributed by atoms with E-state index in [-0.39, 0.29) is 17.4 Å². The lowest BCUT2D eigenvalue weighted by molar-refractivity contribution is 0.235. The summed E-state index contributed by atoms with van der Waals surface area (Å²) >= 11 is 0. The molecule has 2 N–H and O–H groups in total. The first-order chi connectivity index (χ1) is 12.0. The van der Waals surface area contributed by atoms with Crippen molar-refractivity contribution in [3.63, 3.8) is 0 Å². The van der Waals surface area contributed by atoms with Crippen molar-refractivity contribution < 1.29 is 5.11 Å². The minimum absolute atomic E-state index is 0.0471. The summed E-state index contributed by atoms with van der Waals surface area (Å²) in [6.07, 6.45) is 1.94. The Morgan fingerprint density at radius 1 is 1.28 bits per heavy atom. The van der Waals surface area contributed by atoms with E-state index in [1.54, 1.807) is 18.2 Å². The van der Waals surface area contributed by atoms with Crippen LogP contribution in [0.4, 0.5) is 0 Å². The molecule has 0 bridgehead atoms. The topological polar surface area (TPSA) is 119 Å². The van der Waals surface area contributed by atoms with E-state index in [9.17, 15) is 20.9 Å². The molecule has 1 saturated carbocycles. The van der Waals surface area contributed by atoms with Crippen molar-refractivity contribution in [1.29, 1.82) is 21.2 Å². The molecule has 3 atom stereocenters. The number of fused-ring (bicyclic) bond motifs is 1. The van der Waals surface area contributed by atoms with Crippen molar-refractivity contribution in [2.24, 2.45) is 17.3 Å². The minimum atomic E-state index is -1.73. The normalized spacial score (nSPS) is 28.0. The Hall–Kier alpha value is -3.14. The van der Waals surface area contributed by atoms with Crippen LogP contribution in [0.25, 0.3) is 0 Å². The Balaban J connectivity index is 2.28. The summed E-state index contributed by atoms with van der Waals surface area (Å²) in [5.41, 5.74) is -0.454. The van der Waals surface area contributed by atoms with Gasteiger partial charge in [0.25, 0.3) is 0 Å². The van der Waals surface area contributed by atoms with Gasteiger partial charge in [-0.25, -0.2) is 0 Å². The number of hydrogen-bond acceptors (Lipinski definition) is 6. The molecule has 0 aromatic heterocycles. The average molecular weight is 331 g/mol. The highest BCUT2D eigenvalue weighted by atomic mass is 16.3. The van der Waals surface area contributed by atoms with Crippen LogP contribution >= 0.6 is 0 Å². The molecule has 6 heteroatoms. The number of phenolic OH excluding ortho intramolecular Hbond substituents is 1. The van der Waals surface area contributed by atoms with Gasteiger partial charge in [-0.2, -0.15) is 15.8 Å². The van der Waals surface area contributed by atoms with Crippen LogP contribution in [0.1, 0.15) is 11.5 Å². The first kappa shape index (κ1) is 16.7. The quantitative estimate of drug-likeness (QED) is 0.764. The van der Waals surface area contributed by atoms with E-state index < -0.39 is 17.3 Å². The van der Waals surface area contributed by atoms with Crippen LogP contribution in [0.3, 0.4) is 0 Å². The Morgan fingerprint density at radius 3 is 2.60 bits per heavy atom. The number of benzene rings is 1. The third-order valence-electron chi connectivity index (χ3n) is 5.20. The SMILES string of the molecule is CN1CC=C2C(C#N)C(=N)C(C#N)(C#N)[C@H](c3cccc(O)c3)[C@@H]2C1. The molecule has 1 heterocycles. The van der Waals surface area contributed by atoms with Gasteiger partial charge in [-0.15, -0.1) is 0 Å². The van der Waals surface area contributed by atoms with Crippen LogP contribution in [0, 0.1) is 56.7 Å². The number of hydrogen-bond donors (Lipinski definition) is 2. The zero-order chi connectivity index (χ0) is 18.2. The summed E-state index contributed by atoms with van der Waals surface area (Å²) in [5.74, 6) is -1.66. The van der Waals surface area contributed by atoms with Gasteiger partial charge < -0.3 is 15.4 Å². The molecule has 124 valence electrons. The lowest BCUT2D eigenvalue weighted by atomic mass is 9.54. The van der Waals surface area contributed by atoms with Crippen LogP contribution in [-0.4, -0.2) is 35.9 Å². The number of phenols is 1. The molecule has 1 aliphatic heterocycles. The molecule has 0 spiro atoms. The van der Waals surface area contributed by atoms with Gasteiger partial charge in [0.15, 0.2) is 5.41 Å². The highest BCUT2D eigenvalue weighted by Crippen LogP contribution is 2.53. The Labute approximate surface area is 146 Å². The maximum atomic E-state index is 9.87. The molecule has 1 aliphatic carbocycles. The van der Waals surface area contributed by atoms with Gasteiger partial charge in [0.05, 0.1) is 23.9 Å². The number of nitriles is 3. The molecule has 3 rings (SSSR count). The monoisotopic (exact) mass is 331 g/mol. The lowest BCUT2D eigenvalue weighted by Crippen LogP contribution is -2.52. The van der Waals surface area contributed by atoms with E-state index in [1.165, 1.54) is 6.07 Å². The molecule has 1 unspecified atom stereocenters.